The van der Waals surface area contributed by atoms with Gasteiger partial charge in [-0.15, -0.1) is 0 Å². The summed E-state index contributed by atoms with van der Waals surface area (Å²) >= 11 is 0. The van der Waals surface area contributed by atoms with Crippen LogP contribution in [0, 0.1) is 18.8 Å². The first-order valence-corrected chi connectivity index (χ1v) is 11.9. The van der Waals surface area contributed by atoms with Crippen molar-refractivity contribution in [3.8, 4) is 11.8 Å². The molecule has 1 aliphatic carbocycles. The molecule has 172 valence electrons. The Morgan fingerprint density at radius 3 is 2.35 bits per heavy atom. The number of hydrogen-bond acceptors (Lipinski definition) is 2. The molecule has 0 saturated heterocycles. The molecule has 3 nitrogen and oxygen atoms in total. The highest BCUT2D eigenvalue weighted by atomic mass is 16.1. The van der Waals surface area contributed by atoms with E-state index < -0.39 is 0 Å². The van der Waals surface area contributed by atoms with Crippen molar-refractivity contribution in [2.45, 2.75) is 40.5 Å². The summed E-state index contributed by atoms with van der Waals surface area (Å²) in [6.45, 7) is 8.47. The van der Waals surface area contributed by atoms with Crippen LogP contribution in [0.4, 0.5) is 0 Å². The number of ketones is 1. The topological polar surface area (TPSA) is 46.2 Å². The molecular weight excluding hydrogens is 418 g/mol. The molecule has 0 unspecified atom stereocenters. The predicted octanol–water partition coefficient (Wildman–Crippen LogP) is 5.79. The molecule has 1 aliphatic rings. The number of carbonyl (C=O) groups is 2. The molecule has 1 amide bonds. The van der Waals surface area contributed by atoms with Crippen molar-refractivity contribution in [1.82, 2.24) is 5.32 Å². The fourth-order valence-corrected chi connectivity index (χ4v) is 4.02. The van der Waals surface area contributed by atoms with Crippen molar-refractivity contribution in [1.29, 1.82) is 0 Å². The summed E-state index contributed by atoms with van der Waals surface area (Å²) in [5, 5.41) is 2.67. The van der Waals surface area contributed by atoms with E-state index in [1.54, 1.807) is 0 Å². The van der Waals surface area contributed by atoms with E-state index in [0.717, 1.165) is 33.4 Å². The van der Waals surface area contributed by atoms with Crippen LogP contribution in [0.25, 0.3) is 11.1 Å². The summed E-state index contributed by atoms with van der Waals surface area (Å²) in [6.07, 6.45) is 1.04. The molecule has 34 heavy (non-hydrogen) atoms. The zero-order valence-corrected chi connectivity index (χ0v) is 20.4. The average Bonchev–Trinajstić information content (AvgIpc) is 3.19. The van der Waals surface area contributed by atoms with Gasteiger partial charge in [0.2, 0.25) is 0 Å². The van der Waals surface area contributed by atoms with Gasteiger partial charge in [-0.25, -0.2) is 0 Å². The third kappa shape index (κ3) is 5.91. The Kier molecular flexibility index (Phi) is 8.60. The largest absolute Gasteiger partial charge is 0.346 e. The highest BCUT2D eigenvalue weighted by molar-refractivity contribution is 6.31. The van der Waals surface area contributed by atoms with Crippen molar-refractivity contribution < 1.29 is 9.59 Å². The SMILES string of the molecule is CC.CCNC(=O)C#Cc1ccc2c(c1)CC(=O)/C2=C(\Cc1ccc(C)cc1)c1ccccc1. The van der Waals surface area contributed by atoms with E-state index in [1.807, 2.05) is 57.2 Å². The zero-order valence-electron chi connectivity index (χ0n) is 20.4. The Labute approximate surface area is 202 Å². The van der Waals surface area contributed by atoms with Gasteiger partial charge in [-0.1, -0.05) is 86.0 Å². The maximum absolute atomic E-state index is 13.2. The van der Waals surface area contributed by atoms with Gasteiger partial charge < -0.3 is 5.32 Å². The number of allylic oxidation sites excluding steroid dienone is 2. The number of amides is 1. The lowest BCUT2D eigenvalue weighted by Gasteiger charge is -2.13. The molecule has 3 heteroatoms. The van der Waals surface area contributed by atoms with Crippen molar-refractivity contribution in [2.75, 3.05) is 6.54 Å². The summed E-state index contributed by atoms with van der Waals surface area (Å²) in [5.74, 6) is 5.34. The summed E-state index contributed by atoms with van der Waals surface area (Å²) < 4.78 is 0. The Morgan fingerprint density at radius 2 is 1.68 bits per heavy atom. The van der Waals surface area contributed by atoms with Gasteiger partial charge in [-0.05, 0) is 60.2 Å². The molecule has 3 aromatic rings. The maximum Gasteiger partial charge on any atom is 0.296 e. The van der Waals surface area contributed by atoms with Crippen molar-refractivity contribution in [3.63, 3.8) is 0 Å². The molecule has 0 radical (unpaired) electrons. The average molecular weight is 450 g/mol. The lowest BCUT2D eigenvalue weighted by atomic mass is 9.90. The maximum atomic E-state index is 13.2. The van der Waals surface area contributed by atoms with Gasteiger partial charge in [0, 0.05) is 30.0 Å². The van der Waals surface area contributed by atoms with Crippen molar-refractivity contribution in [3.05, 3.63) is 106 Å². The number of aryl methyl sites for hydroxylation is 1. The second-order valence-corrected chi connectivity index (χ2v) is 7.96. The number of Topliss-reactive ketones (excluding diaryl/α,β-unsaturated/α-hetero) is 1. The monoisotopic (exact) mass is 449 g/mol. The number of fused-ring (bicyclic) bond motifs is 1. The predicted molar refractivity (Wildman–Crippen MR) is 140 cm³/mol. The van der Waals surface area contributed by atoms with Crippen LogP contribution >= 0.6 is 0 Å². The molecule has 3 aromatic carbocycles. The van der Waals surface area contributed by atoms with Crippen molar-refractivity contribution in [2.24, 2.45) is 0 Å². The Bertz CT molecular complexity index is 1260. The molecule has 0 bridgehead atoms. The van der Waals surface area contributed by atoms with Crippen LogP contribution in [-0.4, -0.2) is 18.2 Å². The first-order valence-electron chi connectivity index (χ1n) is 11.9. The second-order valence-electron chi connectivity index (χ2n) is 7.96. The van der Waals surface area contributed by atoms with E-state index in [2.05, 4.69) is 60.5 Å². The zero-order chi connectivity index (χ0) is 24.5. The fraction of sp³-hybridized carbons (Fsp3) is 0.226. The van der Waals surface area contributed by atoms with Gasteiger partial charge in [-0.2, -0.15) is 0 Å². The standard InChI is InChI=1S/C29H25NO2.C2H6/c1-3-30-28(32)16-14-21-13-15-25-24(17-21)19-27(31)29(25)26(23-7-5-4-6-8-23)18-22-11-9-20(2)10-12-22;1-2/h4-13,15,17H,3,18-19H2,1-2H3,(H,30,32);1-2H3/b29-26+;. The molecule has 0 atom stereocenters. The highest BCUT2D eigenvalue weighted by Crippen LogP contribution is 2.37. The van der Waals surface area contributed by atoms with Crippen LogP contribution in [-0.2, 0) is 22.4 Å². The third-order valence-corrected chi connectivity index (χ3v) is 5.59. The molecule has 0 aromatic heterocycles. The number of benzene rings is 3. The van der Waals surface area contributed by atoms with Gasteiger partial charge in [-0.3, -0.25) is 9.59 Å². The Balaban J connectivity index is 0.00000158. The summed E-state index contributed by atoms with van der Waals surface area (Å²) in [5.41, 5.74) is 7.94. The molecule has 0 fully saturated rings. The minimum absolute atomic E-state index is 0.125. The summed E-state index contributed by atoms with van der Waals surface area (Å²) in [6, 6.07) is 24.4. The minimum atomic E-state index is -0.297. The van der Waals surface area contributed by atoms with Gasteiger partial charge in [0.1, 0.15) is 0 Å². The number of rotatable bonds is 4. The van der Waals surface area contributed by atoms with E-state index in [0.29, 0.717) is 19.4 Å². The third-order valence-electron chi connectivity index (χ3n) is 5.59. The van der Waals surface area contributed by atoms with Gasteiger partial charge in [0.15, 0.2) is 5.78 Å². The smallest absolute Gasteiger partial charge is 0.296 e. The van der Waals surface area contributed by atoms with Crippen molar-refractivity contribution >= 4 is 22.8 Å². The molecule has 0 spiro atoms. The number of hydrogen-bond donors (Lipinski definition) is 1. The molecule has 1 N–H and O–H groups in total. The van der Waals surface area contributed by atoms with E-state index in [4.69, 9.17) is 0 Å². The fourth-order valence-electron chi connectivity index (χ4n) is 4.02. The lowest BCUT2D eigenvalue weighted by molar-refractivity contribution is -0.115. The second kappa shape index (κ2) is 11.8. The van der Waals surface area contributed by atoms with Gasteiger partial charge in [0.25, 0.3) is 5.91 Å². The molecular formula is C31H31NO2. The van der Waals surface area contributed by atoms with Crippen LogP contribution in [0.3, 0.4) is 0 Å². The number of carbonyl (C=O) groups excluding carboxylic acids is 2. The van der Waals surface area contributed by atoms with Crippen LogP contribution in [0.1, 0.15) is 54.2 Å². The normalized spacial score (nSPS) is 13.1. The van der Waals surface area contributed by atoms with Crippen LogP contribution in [0.2, 0.25) is 0 Å². The van der Waals surface area contributed by atoms with Gasteiger partial charge in [0.05, 0.1) is 0 Å². The van der Waals surface area contributed by atoms with Crippen LogP contribution in [0.15, 0.2) is 72.8 Å². The molecule has 0 heterocycles. The molecule has 0 saturated carbocycles. The van der Waals surface area contributed by atoms with Crippen LogP contribution < -0.4 is 5.32 Å². The first-order chi connectivity index (χ1) is 16.5. The van der Waals surface area contributed by atoms with E-state index in [1.165, 1.54) is 11.1 Å². The Hall–Kier alpha value is -3.90. The first kappa shape index (κ1) is 24.7. The summed E-state index contributed by atoms with van der Waals surface area (Å²) in [7, 11) is 0. The highest BCUT2D eigenvalue weighted by Gasteiger charge is 2.28. The van der Waals surface area contributed by atoms with E-state index >= 15 is 0 Å². The molecule has 0 aliphatic heterocycles. The van der Waals surface area contributed by atoms with E-state index in [9.17, 15) is 9.59 Å². The number of nitrogens with one attached hydrogen (secondary N) is 1. The Morgan fingerprint density at radius 1 is 0.971 bits per heavy atom. The van der Waals surface area contributed by atoms with Crippen LogP contribution in [0.5, 0.6) is 0 Å². The molecule has 4 rings (SSSR count). The lowest BCUT2D eigenvalue weighted by Crippen LogP contribution is -2.20. The summed E-state index contributed by atoms with van der Waals surface area (Å²) in [4.78, 5) is 24.8. The van der Waals surface area contributed by atoms with Gasteiger partial charge >= 0.3 is 0 Å². The minimum Gasteiger partial charge on any atom is -0.346 e. The van der Waals surface area contributed by atoms with E-state index in [-0.39, 0.29) is 11.7 Å². The quantitative estimate of drug-likeness (QED) is 0.405.